The van der Waals surface area contributed by atoms with Gasteiger partial charge in [0, 0.05) is 5.02 Å². The van der Waals surface area contributed by atoms with Gasteiger partial charge in [0.05, 0.1) is 17.7 Å². The molecule has 0 amide bonds. The summed E-state index contributed by atoms with van der Waals surface area (Å²) in [5, 5.41) is 0.769. The summed E-state index contributed by atoms with van der Waals surface area (Å²) in [6.07, 6.45) is -1.62. The average Bonchev–Trinajstić information content (AvgIpc) is 2.71. The fraction of sp³-hybridized carbons (Fsp3) is 0.435. The molecule has 0 aliphatic heterocycles. The molecule has 31 heavy (non-hydrogen) atoms. The predicted molar refractivity (Wildman–Crippen MR) is 119 cm³/mol. The third-order valence-corrected chi connectivity index (χ3v) is 4.80. The highest BCUT2D eigenvalue weighted by Gasteiger charge is 2.39. The Bertz CT molecular complexity index is 877. The molecule has 170 valence electrons. The van der Waals surface area contributed by atoms with Gasteiger partial charge in [-0.3, -0.25) is 0 Å². The number of rotatable bonds is 11. The third kappa shape index (κ3) is 7.27. The maximum Gasteiger partial charge on any atom is 0.342 e. The van der Waals surface area contributed by atoms with Crippen LogP contribution in [-0.2, 0) is 19.9 Å². The van der Waals surface area contributed by atoms with E-state index >= 15 is 0 Å². The summed E-state index contributed by atoms with van der Waals surface area (Å²) in [4.78, 5) is 12.6. The Labute approximate surface area is 192 Å². The van der Waals surface area contributed by atoms with Crippen molar-refractivity contribution in [3.05, 3.63) is 58.1 Å². The van der Waals surface area contributed by atoms with Gasteiger partial charge in [0.15, 0.2) is 11.8 Å². The number of carbonyl (C=O) groups is 1. The summed E-state index contributed by atoms with van der Waals surface area (Å²) < 4.78 is 36.3. The second-order valence-corrected chi connectivity index (χ2v) is 8.09. The quantitative estimate of drug-likeness (QED) is 0.375. The van der Waals surface area contributed by atoms with Crippen LogP contribution in [0.3, 0.4) is 0 Å². The second-order valence-electron chi connectivity index (χ2n) is 7.24. The number of ether oxygens (including phenoxy) is 4. The van der Waals surface area contributed by atoms with Crippen LogP contribution in [0.5, 0.6) is 11.5 Å². The molecule has 2 aromatic carbocycles. The lowest BCUT2D eigenvalue weighted by molar-refractivity contribution is -0.177. The molecule has 0 bridgehead atoms. The van der Waals surface area contributed by atoms with E-state index in [2.05, 4.69) is 0 Å². The largest absolute Gasteiger partial charge is 0.490 e. The molecule has 2 rings (SSSR count). The van der Waals surface area contributed by atoms with E-state index in [1.54, 1.807) is 50.2 Å². The maximum absolute atomic E-state index is 14.3. The van der Waals surface area contributed by atoms with E-state index in [0.29, 0.717) is 27.1 Å². The van der Waals surface area contributed by atoms with Crippen LogP contribution in [0.15, 0.2) is 42.5 Å². The van der Waals surface area contributed by atoms with Crippen molar-refractivity contribution in [2.45, 2.75) is 45.6 Å². The Morgan fingerprint density at radius 1 is 1.10 bits per heavy atom. The van der Waals surface area contributed by atoms with Crippen molar-refractivity contribution in [2.24, 2.45) is 0 Å². The molecule has 0 heterocycles. The van der Waals surface area contributed by atoms with Crippen molar-refractivity contribution in [3.8, 4) is 11.5 Å². The smallest absolute Gasteiger partial charge is 0.342 e. The van der Waals surface area contributed by atoms with Crippen molar-refractivity contribution in [3.63, 3.8) is 0 Å². The van der Waals surface area contributed by atoms with Crippen LogP contribution in [-0.4, -0.2) is 38.1 Å². The number of carbonyl (C=O) groups excluding carboxylic acids is 1. The highest BCUT2D eigenvalue weighted by molar-refractivity contribution is 6.35. The van der Waals surface area contributed by atoms with Gasteiger partial charge in [-0.25, -0.2) is 9.18 Å². The first-order valence-corrected chi connectivity index (χ1v) is 10.7. The number of halogens is 3. The molecular weight excluding hydrogens is 446 g/mol. The summed E-state index contributed by atoms with van der Waals surface area (Å²) >= 11 is 11.9. The lowest BCUT2D eigenvalue weighted by atomic mass is 9.95. The van der Waals surface area contributed by atoms with Gasteiger partial charge < -0.3 is 18.9 Å². The summed E-state index contributed by atoms with van der Waals surface area (Å²) in [6.45, 7) is 6.79. The Hall–Kier alpha value is -2.02. The maximum atomic E-state index is 14.3. The SMILES string of the molecule is CCOC(=O)[C@@](C)(OC(C)C)c1cccc(OC[C@H](F)COc2ccc(Cl)cc2Cl)c1. The molecule has 5 nitrogen and oxygen atoms in total. The fourth-order valence-electron chi connectivity index (χ4n) is 2.86. The van der Waals surface area contributed by atoms with Crippen molar-refractivity contribution in [1.29, 1.82) is 0 Å². The number of hydrogen-bond donors (Lipinski definition) is 0. The molecule has 0 fully saturated rings. The minimum atomic E-state index is -1.40. The first kappa shape index (κ1) is 25.2. The predicted octanol–water partition coefficient (Wildman–Crippen LogP) is 5.99. The minimum absolute atomic E-state index is 0.217. The highest BCUT2D eigenvalue weighted by atomic mass is 35.5. The van der Waals surface area contributed by atoms with Crippen LogP contribution in [0, 0.1) is 0 Å². The molecular formula is C23H27Cl2FO5. The molecule has 0 saturated carbocycles. The van der Waals surface area contributed by atoms with Crippen molar-refractivity contribution in [1.82, 2.24) is 0 Å². The fourth-order valence-corrected chi connectivity index (χ4v) is 3.33. The number of alkyl halides is 1. The Morgan fingerprint density at radius 3 is 2.45 bits per heavy atom. The van der Waals surface area contributed by atoms with Gasteiger partial charge in [0.2, 0.25) is 0 Å². The van der Waals surface area contributed by atoms with E-state index in [1.165, 1.54) is 6.07 Å². The van der Waals surface area contributed by atoms with Crippen LogP contribution < -0.4 is 9.47 Å². The van der Waals surface area contributed by atoms with Crippen molar-refractivity contribution >= 4 is 29.2 Å². The zero-order chi connectivity index (χ0) is 23.0. The van der Waals surface area contributed by atoms with Gasteiger partial charge in [-0.1, -0.05) is 35.3 Å². The molecule has 0 saturated heterocycles. The van der Waals surface area contributed by atoms with Crippen LogP contribution in [0.2, 0.25) is 10.0 Å². The Kier molecular flexibility index (Phi) is 9.41. The summed E-state index contributed by atoms with van der Waals surface area (Å²) in [7, 11) is 0. The normalized spacial score (nSPS) is 14.1. The zero-order valence-electron chi connectivity index (χ0n) is 18.0. The summed E-state index contributed by atoms with van der Waals surface area (Å²) in [5.74, 6) is 0.233. The second kappa shape index (κ2) is 11.6. The number of benzene rings is 2. The van der Waals surface area contributed by atoms with E-state index in [4.69, 9.17) is 42.1 Å². The van der Waals surface area contributed by atoms with Gasteiger partial charge in [-0.2, -0.15) is 0 Å². The van der Waals surface area contributed by atoms with Crippen LogP contribution in [0.4, 0.5) is 4.39 Å². The lowest BCUT2D eigenvalue weighted by Crippen LogP contribution is -2.39. The van der Waals surface area contributed by atoms with E-state index in [-0.39, 0.29) is 25.9 Å². The van der Waals surface area contributed by atoms with E-state index < -0.39 is 17.7 Å². The Morgan fingerprint density at radius 2 is 1.81 bits per heavy atom. The van der Waals surface area contributed by atoms with Crippen molar-refractivity contribution < 1.29 is 28.1 Å². The molecule has 0 aromatic heterocycles. The van der Waals surface area contributed by atoms with Crippen molar-refractivity contribution in [2.75, 3.05) is 19.8 Å². The zero-order valence-corrected chi connectivity index (χ0v) is 19.5. The first-order valence-electron chi connectivity index (χ1n) is 9.96. The van der Waals surface area contributed by atoms with Gasteiger partial charge in [-0.15, -0.1) is 0 Å². The topological polar surface area (TPSA) is 54.0 Å². The van der Waals surface area contributed by atoms with E-state index in [1.807, 2.05) is 13.8 Å². The molecule has 2 atom stereocenters. The number of esters is 1. The van der Waals surface area contributed by atoms with Gasteiger partial charge in [0.25, 0.3) is 0 Å². The van der Waals surface area contributed by atoms with Crippen LogP contribution >= 0.6 is 23.2 Å². The standard InChI is InChI=1S/C23H27Cl2FO5/c1-5-28-22(27)23(4,31-15(2)3)16-7-6-8-19(11-16)29-13-18(26)14-30-21-10-9-17(24)12-20(21)25/h6-12,15,18H,5,13-14H2,1-4H3/t18-,23-/m0/s1. The Balaban J connectivity index is 2.02. The summed E-state index contributed by atoms with van der Waals surface area (Å²) in [5.41, 5.74) is -0.760. The molecule has 2 aromatic rings. The van der Waals surface area contributed by atoms with Gasteiger partial charge in [0.1, 0.15) is 24.7 Å². The molecule has 8 heteroatoms. The minimum Gasteiger partial charge on any atom is -0.490 e. The van der Waals surface area contributed by atoms with E-state index in [0.717, 1.165) is 0 Å². The molecule has 0 spiro atoms. The lowest BCUT2D eigenvalue weighted by Gasteiger charge is -2.30. The van der Waals surface area contributed by atoms with Crippen LogP contribution in [0.25, 0.3) is 0 Å². The monoisotopic (exact) mass is 472 g/mol. The highest BCUT2D eigenvalue weighted by Crippen LogP contribution is 2.31. The molecule has 0 unspecified atom stereocenters. The molecule has 0 N–H and O–H groups in total. The molecule has 0 radical (unpaired) electrons. The third-order valence-electron chi connectivity index (χ3n) is 4.27. The number of hydrogen-bond acceptors (Lipinski definition) is 5. The summed E-state index contributed by atoms with van der Waals surface area (Å²) in [6, 6.07) is 11.5. The van der Waals surface area contributed by atoms with Crippen LogP contribution in [0.1, 0.15) is 33.3 Å². The van der Waals surface area contributed by atoms with E-state index in [9.17, 15) is 9.18 Å². The molecule has 0 aliphatic rings. The van der Waals surface area contributed by atoms with Gasteiger partial charge in [-0.05, 0) is 63.6 Å². The first-order chi connectivity index (χ1) is 14.7. The molecule has 0 aliphatic carbocycles. The average molecular weight is 473 g/mol. The van der Waals surface area contributed by atoms with Gasteiger partial charge >= 0.3 is 5.97 Å².